The first-order valence-electron chi connectivity index (χ1n) is 9.78. The van der Waals surface area contributed by atoms with E-state index >= 15 is 0 Å². The first-order chi connectivity index (χ1) is 16.0. The number of nitrogens with zero attached hydrogens (tertiary/aromatic N) is 2. The molecule has 0 aliphatic rings. The summed E-state index contributed by atoms with van der Waals surface area (Å²) < 4.78 is 12.7. The Bertz CT molecular complexity index is 912. The molecular weight excluding hydrogens is 462 g/mol. The molecule has 0 aliphatic carbocycles. The van der Waals surface area contributed by atoms with E-state index in [9.17, 15) is 38.3 Å². The number of halogens is 1. The first kappa shape index (κ1) is 27.7. The van der Waals surface area contributed by atoms with E-state index < -0.39 is 66.8 Å². The number of carboxylic acid groups (broad SMARTS) is 3. The van der Waals surface area contributed by atoms with Gasteiger partial charge in [0.15, 0.2) is 5.69 Å². The third kappa shape index (κ3) is 10.8. The van der Waals surface area contributed by atoms with Crippen molar-refractivity contribution in [3.05, 3.63) is 23.8 Å². The molecule has 186 valence electrons. The second kappa shape index (κ2) is 13.9. The minimum Gasteiger partial charge on any atom is -0.481 e. The van der Waals surface area contributed by atoms with Crippen molar-refractivity contribution in [1.82, 2.24) is 31.5 Å². The molecule has 4 amide bonds. The number of carboxylic acids is 3. The molecule has 0 saturated heterocycles. The maximum Gasteiger partial charge on any atom is 0.326 e. The molecule has 0 radical (unpaired) electrons. The van der Waals surface area contributed by atoms with Crippen molar-refractivity contribution in [2.45, 2.75) is 37.8 Å². The standard InChI is InChI=1S/C18H23FN6O9/c19-12-5-4-9(24-25-12)15(29)21-8-13(26)20-6-2-1-3-10(16(30)31)22-18(34)23-11(17(32)33)7-14(27)28/h4-5,10-11H,1-3,6-8H2,(H,20,26)(H,21,29)(H,27,28)(H,30,31)(H,32,33)(H2,22,23,34)/t10-,11-/m0/s1/i19-1. The Morgan fingerprint density at radius 2 is 1.53 bits per heavy atom. The predicted octanol–water partition coefficient (Wildman–Crippen LogP) is -1.69. The fourth-order valence-electron chi connectivity index (χ4n) is 2.44. The zero-order valence-electron chi connectivity index (χ0n) is 17.6. The average molecular weight is 485 g/mol. The topological polar surface area (TPSA) is 237 Å². The zero-order chi connectivity index (χ0) is 25.7. The number of rotatable bonds is 14. The van der Waals surface area contributed by atoms with Crippen LogP contribution in [0.3, 0.4) is 0 Å². The van der Waals surface area contributed by atoms with Crippen LogP contribution in [0.5, 0.6) is 0 Å². The van der Waals surface area contributed by atoms with Gasteiger partial charge in [0.05, 0.1) is 13.0 Å². The summed E-state index contributed by atoms with van der Waals surface area (Å²) in [5.74, 6) is -6.59. The van der Waals surface area contributed by atoms with Crippen LogP contribution in [0.15, 0.2) is 12.1 Å². The number of hydrogen-bond acceptors (Lipinski definition) is 8. The fraction of sp³-hybridized carbons (Fsp3) is 0.444. The van der Waals surface area contributed by atoms with Crippen molar-refractivity contribution in [3.8, 4) is 0 Å². The number of carbonyl (C=O) groups is 6. The highest BCUT2D eigenvalue weighted by Crippen LogP contribution is 2.02. The number of carbonyl (C=O) groups excluding carboxylic acids is 3. The van der Waals surface area contributed by atoms with Gasteiger partial charge in [0.25, 0.3) is 5.91 Å². The number of amides is 4. The van der Waals surface area contributed by atoms with Crippen LogP contribution in [0.25, 0.3) is 0 Å². The van der Waals surface area contributed by atoms with Gasteiger partial charge in [0.1, 0.15) is 12.1 Å². The Hall–Kier alpha value is -4.37. The Kier molecular flexibility index (Phi) is 11.3. The van der Waals surface area contributed by atoms with Crippen molar-refractivity contribution >= 4 is 35.8 Å². The lowest BCUT2D eigenvalue weighted by Crippen LogP contribution is -2.51. The second-order valence-electron chi connectivity index (χ2n) is 6.77. The maximum atomic E-state index is 12.7. The summed E-state index contributed by atoms with van der Waals surface area (Å²) in [6, 6.07) is -2.25. The molecule has 7 N–H and O–H groups in total. The Morgan fingerprint density at radius 1 is 0.882 bits per heavy atom. The molecule has 1 aromatic heterocycles. The van der Waals surface area contributed by atoms with Crippen LogP contribution in [0.4, 0.5) is 9.18 Å². The van der Waals surface area contributed by atoms with E-state index in [1.807, 2.05) is 5.32 Å². The van der Waals surface area contributed by atoms with Crippen LogP contribution in [0, 0.1) is 5.95 Å². The third-order valence-electron chi connectivity index (χ3n) is 4.10. The van der Waals surface area contributed by atoms with E-state index in [0.29, 0.717) is 6.42 Å². The van der Waals surface area contributed by atoms with Gasteiger partial charge in [-0.15, -0.1) is 10.2 Å². The van der Waals surface area contributed by atoms with E-state index in [2.05, 4.69) is 26.1 Å². The molecule has 34 heavy (non-hydrogen) atoms. The Balaban J connectivity index is 2.33. The van der Waals surface area contributed by atoms with Gasteiger partial charge in [-0.05, 0) is 31.4 Å². The molecule has 0 aliphatic heterocycles. The molecule has 1 rings (SSSR count). The third-order valence-corrected chi connectivity index (χ3v) is 4.10. The maximum absolute atomic E-state index is 12.7. The highest BCUT2D eigenvalue weighted by atomic mass is 18.2. The summed E-state index contributed by atoms with van der Waals surface area (Å²) in [5.41, 5.74) is -0.178. The van der Waals surface area contributed by atoms with Gasteiger partial charge in [-0.3, -0.25) is 14.4 Å². The fourth-order valence-corrected chi connectivity index (χ4v) is 2.44. The summed E-state index contributed by atoms with van der Waals surface area (Å²) in [4.78, 5) is 68.2. The number of hydrogen-bond donors (Lipinski definition) is 7. The molecule has 0 fully saturated rings. The molecule has 0 saturated carbocycles. The van der Waals surface area contributed by atoms with Crippen molar-refractivity contribution in [2.24, 2.45) is 0 Å². The van der Waals surface area contributed by atoms with Crippen LogP contribution in [-0.2, 0) is 19.2 Å². The molecule has 0 bridgehead atoms. The molecule has 2 atom stereocenters. The first-order valence-corrected chi connectivity index (χ1v) is 9.78. The SMILES string of the molecule is O=C(O)C[C@H](NC(=O)N[C@@H](CCCCNC(=O)CNC(=O)c1ccc([18F])nn1)C(=O)O)C(=O)O. The van der Waals surface area contributed by atoms with Crippen LogP contribution >= 0.6 is 0 Å². The van der Waals surface area contributed by atoms with Gasteiger partial charge in [-0.25, -0.2) is 14.4 Å². The average Bonchev–Trinajstić information content (AvgIpc) is 2.75. The quantitative estimate of drug-likeness (QED) is 0.147. The van der Waals surface area contributed by atoms with Gasteiger partial charge in [-0.2, -0.15) is 4.39 Å². The largest absolute Gasteiger partial charge is 0.481 e. The summed E-state index contributed by atoms with van der Waals surface area (Å²) in [5, 5.41) is 41.8. The molecule has 0 spiro atoms. The van der Waals surface area contributed by atoms with Crippen molar-refractivity contribution in [2.75, 3.05) is 13.1 Å². The van der Waals surface area contributed by atoms with Crippen molar-refractivity contribution in [3.63, 3.8) is 0 Å². The molecule has 16 heteroatoms. The number of aromatic nitrogens is 2. The normalized spacial score (nSPS) is 12.0. The molecule has 1 heterocycles. The van der Waals surface area contributed by atoms with Crippen LogP contribution in [0.2, 0.25) is 0 Å². The summed E-state index contributed by atoms with van der Waals surface area (Å²) in [6.07, 6.45) is -0.396. The minimum absolute atomic E-state index is 0.0603. The summed E-state index contributed by atoms with van der Waals surface area (Å²) in [6.45, 7) is -0.262. The minimum atomic E-state index is -1.74. The molecule has 15 nitrogen and oxygen atoms in total. The van der Waals surface area contributed by atoms with Crippen LogP contribution in [0.1, 0.15) is 36.2 Å². The van der Waals surface area contributed by atoms with E-state index in [-0.39, 0.29) is 25.1 Å². The summed E-state index contributed by atoms with van der Waals surface area (Å²) in [7, 11) is 0. The summed E-state index contributed by atoms with van der Waals surface area (Å²) >= 11 is 0. The van der Waals surface area contributed by atoms with Gasteiger partial charge in [-0.1, -0.05) is 0 Å². The number of nitrogens with one attached hydrogen (secondary N) is 4. The Morgan fingerprint density at radius 3 is 2.09 bits per heavy atom. The number of aliphatic carboxylic acids is 3. The van der Waals surface area contributed by atoms with Gasteiger partial charge in [0.2, 0.25) is 11.9 Å². The number of unbranched alkanes of at least 4 members (excludes halogenated alkanes) is 1. The molecular formula is C18H23FN6O9. The number of urea groups is 1. The monoisotopic (exact) mass is 485 g/mol. The highest BCUT2D eigenvalue weighted by molar-refractivity contribution is 5.94. The lowest BCUT2D eigenvalue weighted by atomic mass is 10.1. The van der Waals surface area contributed by atoms with E-state index in [1.165, 1.54) is 0 Å². The van der Waals surface area contributed by atoms with E-state index in [0.717, 1.165) is 12.1 Å². The molecule has 0 aromatic carbocycles. The highest BCUT2D eigenvalue weighted by Gasteiger charge is 2.26. The van der Waals surface area contributed by atoms with E-state index in [1.54, 1.807) is 0 Å². The van der Waals surface area contributed by atoms with E-state index in [4.69, 9.17) is 10.2 Å². The van der Waals surface area contributed by atoms with Crippen molar-refractivity contribution < 1.29 is 48.5 Å². The lowest BCUT2D eigenvalue weighted by Gasteiger charge is -2.17. The van der Waals surface area contributed by atoms with Crippen molar-refractivity contribution in [1.29, 1.82) is 0 Å². The van der Waals surface area contributed by atoms with Crippen LogP contribution < -0.4 is 21.3 Å². The predicted molar refractivity (Wildman–Crippen MR) is 108 cm³/mol. The van der Waals surface area contributed by atoms with Gasteiger partial charge < -0.3 is 36.6 Å². The zero-order valence-corrected chi connectivity index (χ0v) is 17.6. The van der Waals surface area contributed by atoms with Crippen LogP contribution in [-0.4, -0.2) is 86.4 Å². The molecule has 0 unspecified atom stereocenters. The van der Waals surface area contributed by atoms with Gasteiger partial charge >= 0.3 is 23.9 Å². The smallest absolute Gasteiger partial charge is 0.326 e. The molecule has 1 aromatic rings. The Labute approximate surface area is 191 Å². The van der Waals surface area contributed by atoms with Gasteiger partial charge in [0, 0.05) is 6.54 Å². The second-order valence-corrected chi connectivity index (χ2v) is 6.77. The lowest BCUT2D eigenvalue weighted by molar-refractivity contribution is -0.145.